The number of hydrogen-bond acceptors (Lipinski definition) is 4. The highest BCUT2D eigenvalue weighted by Crippen LogP contribution is 2.24. The van der Waals surface area contributed by atoms with Crippen LogP contribution >= 0.6 is 0 Å². The van der Waals surface area contributed by atoms with Gasteiger partial charge >= 0.3 is 0 Å². The zero-order valence-corrected chi connectivity index (χ0v) is 11.8. The molecule has 0 aliphatic heterocycles. The van der Waals surface area contributed by atoms with Gasteiger partial charge in [-0.2, -0.15) is 0 Å². The molecule has 4 nitrogen and oxygen atoms in total. The summed E-state index contributed by atoms with van der Waals surface area (Å²) in [6, 6.07) is 5.91. The Labute approximate surface area is 110 Å². The van der Waals surface area contributed by atoms with E-state index in [-0.39, 0.29) is 0 Å². The van der Waals surface area contributed by atoms with Crippen LogP contribution in [0.15, 0.2) is 18.2 Å². The predicted octanol–water partition coefficient (Wildman–Crippen LogP) is 1.75. The average Bonchev–Trinajstić information content (AvgIpc) is 2.39. The Balaban J connectivity index is 2.63. The molecule has 4 heteroatoms. The van der Waals surface area contributed by atoms with E-state index in [1.165, 1.54) is 0 Å². The summed E-state index contributed by atoms with van der Waals surface area (Å²) < 4.78 is 10.6. The summed E-state index contributed by atoms with van der Waals surface area (Å²) in [6.07, 6.45) is 1.14. The van der Waals surface area contributed by atoms with Gasteiger partial charge in [-0.05, 0) is 51.8 Å². The van der Waals surface area contributed by atoms with Crippen LogP contribution in [0.2, 0.25) is 0 Å². The molecule has 0 fully saturated rings. The zero-order chi connectivity index (χ0) is 13.4. The summed E-state index contributed by atoms with van der Waals surface area (Å²) in [4.78, 5) is 2.29. The van der Waals surface area contributed by atoms with E-state index in [1.54, 1.807) is 14.2 Å². The van der Waals surface area contributed by atoms with Crippen molar-refractivity contribution in [1.29, 1.82) is 0 Å². The minimum absolute atomic E-state index is 0.865. The molecular formula is C14H24N2O2. The normalized spacial score (nSPS) is 10.7. The standard InChI is InChI=1S/C14H24N2O2/c1-15-8-5-9-16(2)11-12-10-13(17-3)6-7-14(12)18-4/h6-7,10,15H,5,8-9,11H2,1-4H3. The minimum Gasteiger partial charge on any atom is -0.497 e. The van der Waals surface area contributed by atoms with E-state index in [4.69, 9.17) is 9.47 Å². The first-order valence-electron chi connectivity index (χ1n) is 6.25. The molecule has 0 spiro atoms. The third-order valence-corrected chi connectivity index (χ3v) is 2.89. The smallest absolute Gasteiger partial charge is 0.123 e. The number of rotatable bonds is 8. The van der Waals surface area contributed by atoms with Gasteiger partial charge in [-0.1, -0.05) is 0 Å². The maximum atomic E-state index is 5.38. The number of methoxy groups -OCH3 is 2. The van der Waals surface area contributed by atoms with E-state index in [1.807, 2.05) is 25.2 Å². The van der Waals surface area contributed by atoms with Gasteiger partial charge < -0.3 is 19.7 Å². The number of nitrogens with one attached hydrogen (secondary N) is 1. The fourth-order valence-electron chi connectivity index (χ4n) is 1.90. The van der Waals surface area contributed by atoms with Crippen molar-refractivity contribution in [3.8, 4) is 11.5 Å². The maximum Gasteiger partial charge on any atom is 0.123 e. The predicted molar refractivity (Wildman–Crippen MR) is 74.4 cm³/mol. The molecule has 0 radical (unpaired) electrons. The van der Waals surface area contributed by atoms with E-state index < -0.39 is 0 Å². The molecule has 0 bridgehead atoms. The van der Waals surface area contributed by atoms with Crippen LogP contribution in [0.4, 0.5) is 0 Å². The second-order valence-electron chi connectivity index (χ2n) is 4.37. The molecule has 18 heavy (non-hydrogen) atoms. The second-order valence-corrected chi connectivity index (χ2v) is 4.37. The van der Waals surface area contributed by atoms with E-state index in [2.05, 4.69) is 17.3 Å². The lowest BCUT2D eigenvalue weighted by Crippen LogP contribution is -2.22. The van der Waals surface area contributed by atoms with Gasteiger partial charge in [0.15, 0.2) is 0 Å². The van der Waals surface area contributed by atoms with Crippen molar-refractivity contribution in [2.45, 2.75) is 13.0 Å². The minimum atomic E-state index is 0.865. The van der Waals surface area contributed by atoms with Crippen molar-refractivity contribution in [2.24, 2.45) is 0 Å². The van der Waals surface area contributed by atoms with Crippen LogP contribution < -0.4 is 14.8 Å². The highest BCUT2D eigenvalue weighted by Gasteiger charge is 2.07. The molecule has 1 aromatic carbocycles. The lowest BCUT2D eigenvalue weighted by atomic mass is 10.1. The van der Waals surface area contributed by atoms with E-state index in [0.29, 0.717) is 0 Å². The highest BCUT2D eigenvalue weighted by molar-refractivity contribution is 5.40. The van der Waals surface area contributed by atoms with Gasteiger partial charge in [-0.15, -0.1) is 0 Å². The molecule has 0 saturated carbocycles. The lowest BCUT2D eigenvalue weighted by molar-refractivity contribution is 0.311. The van der Waals surface area contributed by atoms with E-state index >= 15 is 0 Å². The van der Waals surface area contributed by atoms with Gasteiger partial charge in [0.25, 0.3) is 0 Å². The molecule has 0 atom stereocenters. The van der Waals surface area contributed by atoms with E-state index in [9.17, 15) is 0 Å². The van der Waals surface area contributed by atoms with E-state index in [0.717, 1.165) is 43.1 Å². The maximum absolute atomic E-state index is 5.38. The van der Waals surface area contributed by atoms with Crippen molar-refractivity contribution in [3.05, 3.63) is 23.8 Å². The summed E-state index contributed by atoms with van der Waals surface area (Å²) >= 11 is 0. The molecule has 1 rings (SSSR count). The van der Waals surface area contributed by atoms with Gasteiger partial charge in [-0.3, -0.25) is 0 Å². The molecule has 0 aliphatic rings. The molecule has 0 amide bonds. The molecule has 0 unspecified atom stereocenters. The summed E-state index contributed by atoms with van der Waals surface area (Å²) in [5.41, 5.74) is 1.16. The quantitative estimate of drug-likeness (QED) is 0.715. The Kier molecular flexibility index (Phi) is 6.54. The molecule has 0 aromatic heterocycles. The topological polar surface area (TPSA) is 33.7 Å². The van der Waals surface area contributed by atoms with Gasteiger partial charge in [0, 0.05) is 12.1 Å². The molecule has 0 saturated heterocycles. The molecule has 0 heterocycles. The fraction of sp³-hybridized carbons (Fsp3) is 0.571. The third kappa shape index (κ3) is 4.55. The van der Waals surface area contributed by atoms with Crippen molar-refractivity contribution >= 4 is 0 Å². The Hall–Kier alpha value is -1.26. The first-order chi connectivity index (χ1) is 8.71. The average molecular weight is 252 g/mol. The number of nitrogens with zero attached hydrogens (tertiary/aromatic N) is 1. The van der Waals surface area contributed by atoms with Crippen LogP contribution in [0, 0.1) is 0 Å². The highest BCUT2D eigenvalue weighted by atomic mass is 16.5. The Morgan fingerprint density at radius 3 is 2.61 bits per heavy atom. The first kappa shape index (κ1) is 14.8. The molecule has 0 aliphatic carbocycles. The number of hydrogen-bond donors (Lipinski definition) is 1. The lowest BCUT2D eigenvalue weighted by Gasteiger charge is -2.18. The number of ether oxygens (including phenoxy) is 2. The zero-order valence-electron chi connectivity index (χ0n) is 11.8. The van der Waals surface area contributed by atoms with Crippen molar-refractivity contribution in [3.63, 3.8) is 0 Å². The second kappa shape index (κ2) is 7.95. The van der Waals surface area contributed by atoms with Crippen LogP contribution in [0.1, 0.15) is 12.0 Å². The Morgan fingerprint density at radius 1 is 1.22 bits per heavy atom. The van der Waals surface area contributed by atoms with Crippen LogP contribution in [0.25, 0.3) is 0 Å². The largest absolute Gasteiger partial charge is 0.497 e. The molecule has 1 N–H and O–H groups in total. The third-order valence-electron chi connectivity index (χ3n) is 2.89. The van der Waals surface area contributed by atoms with Crippen LogP contribution in [-0.2, 0) is 6.54 Å². The summed E-state index contributed by atoms with van der Waals surface area (Å²) in [7, 11) is 7.48. The van der Waals surface area contributed by atoms with Crippen molar-refractivity contribution < 1.29 is 9.47 Å². The van der Waals surface area contributed by atoms with Gasteiger partial charge in [0.05, 0.1) is 14.2 Å². The summed E-state index contributed by atoms with van der Waals surface area (Å²) in [5, 5.41) is 3.16. The number of benzene rings is 1. The van der Waals surface area contributed by atoms with Gasteiger partial charge in [0.2, 0.25) is 0 Å². The molecule has 102 valence electrons. The molecule has 1 aromatic rings. The fourth-order valence-corrected chi connectivity index (χ4v) is 1.90. The first-order valence-corrected chi connectivity index (χ1v) is 6.25. The monoisotopic (exact) mass is 252 g/mol. The van der Waals surface area contributed by atoms with Crippen LogP contribution in [-0.4, -0.2) is 46.3 Å². The van der Waals surface area contributed by atoms with Crippen LogP contribution in [0.5, 0.6) is 11.5 Å². The Morgan fingerprint density at radius 2 is 2.00 bits per heavy atom. The Bertz CT molecular complexity index is 356. The SMILES string of the molecule is CNCCCN(C)Cc1cc(OC)ccc1OC. The summed E-state index contributed by atoms with van der Waals surface area (Å²) in [6.45, 7) is 2.96. The van der Waals surface area contributed by atoms with Gasteiger partial charge in [-0.25, -0.2) is 0 Å². The molecular weight excluding hydrogens is 228 g/mol. The van der Waals surface area contributed by atoms with Crippen LogP contribution in [0.3, 0.4) is 0 Å². The van der Waals surface area contributed by atoms with Crippen molar-refractivity contribution in [2.75, 3.05) is 41.4 Å². The van der Waals surface area contributed by atoms with Gasteiger partial charge in [0.1, 0.15) is 11.5 Å². The summed E-state index contributed by atoms with van der Waals surface area (Å²) in [5.74, 6) is 1.78. The van der Waals surface area contributed by atoms with Crippen molar-refractivity contribution in [1.82, 2.24) is 10.2 Å².